The largest absolute Gasteiger partial charge is 0.337 e. The average Bonchev–Trinajstić information content (AvgIpc) is 3.01. The smallest absolute Gasteiger partial charge is 0.244 e. The number of hydrogen-bond donors (Lipinski definition) is 1. The number of rotatable bonds is 2. The Bertz CT molecular complexity index is 561. The van der Waals surface area contributed by atoms with Crippen LogP contribution in [0.25, 0.3) is 11.4 Å². The molecule has 1 aliphatic rings. The predicted octanol–water partition coefficient (Wildman–Crippen LogP) is 3.23. The van der Waals surface area contributed by atoms with Crippen LogP contribution in [0, 0.1) is 6.92 Å². The van der Waals surface area contributed by atoms with E-state index in [2.05, 4.69) is 38.3 Å². The maximum absolute atomic E-state index is 5.33. The van der Waals surface area contributed by atoms with Gasteiger partial charge in [0, 0.05) is 10.0 Å². The van der Waals surface area contributed by atoms with Gasteiger partial charge in [-0.1, -0.05) is 33.2 Å². The van der Waals surface area contributed by atoms with Crippen LogP contribution in [-0.2, 0) is 0 Å². The zero-order valence-corrected chi connectivity index (χ0v) is 11.7. The van der Waals surface area contributed by atoms with E-state index in [0.717, 1.165) is 23.0 Å². The summed E-state index contributed by atoms with van der Waals surface area (Å²) in [5.41, 5.74) is 2.17. The lowest BCUT2D eigenvalue weighted by atomic mass is 10.1. The van der Waals surface area contributed by atoms with Gasteiger partial charge < -0.3 is 9.84 Å². The second-order valence-electron chi connectivity index (χ2n) is 4.57. The third kappa shape index (κ3) is 2.20. The first-order valence-electron chi connectivity index (χ1n) is 6.07. The van der Waals surface area contributed by atoms with Gasteiger partial charge in [-0.3, -0.25) is 0 Å². The van der Waals surface area contributed by atoms with E-state index in [9.17, 15) is 0 Å². The summed E-state index contributed by atoms with van der Waals surface area (Å²) in [5.74, 6) is 1.35. The molecule has 0 spiro atoms. The first kappa shape index (κ1) is 11.9. The van der Waals surface area contributed by atoms with E-state index in [1.165, 1.54) is 12.0 Å². The average molecular weight is 308 g/mol. The molecule has 2 heterocycles. The van der Waals surface area contributed by atoms with Gasteiger partial charge in [0.1, 0.15) is 0 Å². The van der Waals surface area contributed by atoms with Crippen LogP contribution in [0.15, 0.2) is 27.2 Å². The van der Waals surface area contributed by atoms with Gasteiger partial charge in [0.05, 0.1) is 6.04 Å². The molecule has 0 radical (unpaired) electrons. The third-order valence-electron chi connectivity index (χ3n) is 3.23. The van der Waals surface area contributed by atoms with Crippen LogP contribution in [0.4, 0.5) is 0 Å². The number of nitrogens with one attached hydrogen (secondary N) is 1. The molecular weight excluding hydrogens is 294 g/mol. The van der Waals surface area contributed by atoms with Crippen molar-refractivity contribution in [1.82, 2.24) is 15.5 Å². The van der Waals surface area contributed by atoms with Gasteiger partial charge in [-0.05, 0) is 37.9 Å². The Labute approximate surface area is 114 Å². The van der Waals surface area contributed by atoms with Crippen molar-refractivity contribution in [3.8, 4) is 11.4 Å². The maximum atomic E-state index is 5.33. The molecule has 1 aromatic heterocycles. The zero-order valence-electron chi connectivity index (χ0n) is 10.1. The Morgan fingerprint density at radius 3 is 3.06 bits per heavy atom. The van der Waals surface area contributed by atoms with E-state index in [1.807, 2.05) is 18.2 Å². The van der Waals surface area contributed by atoms with E-state index in [4.69, 9.17) is 4.52 Å². The topological polar surface area (TPSA) is 51.0 Å². The molecule has 1 aliphatic heterocycles. The van der Waals surface area contributed by atoms with Crippen LogP contribution in [0.1, 0.15) is 30.3 Å². The normalized spacial score (nSPS) is 19.3. The van der Waals surface area contributed by atoms with Crippen LogP contribution in [0.3, 0.4) is 0 Å². The van der Waals surface area contributed by atoms with Crippen LogP contribution >= 0.6 is 15.9 Å². The van der Waals surface area contributed by atoms with Crippen LogP contribution in [-0.4, -0.2) is 16.7 Å². The SMILES string of the molecule is Cc1ccc(-c2noc([C@@H]3CCCN3)n2)cc1Br. The molecule has 18 heavy (non-hydrogen) atoms. The van der Waals surface area contributed by atoms with E-state index in [0.29, 0.717) is 11.7 Å². The molecule has 1 saturated heterocycles. The highest BCUT2D eigenvalue weighted by atomic mass is 79.9. The number of benzene rings is 1. The fraction of sp³-hybridized carbons (Fsp3) is 0.385. The Kier molecular flexibility index (Phi) is 3.18. The van der Waals surface area contributed by atoms with Crippen LogP contribution in [0.5, 0.6) is 0 Å². The highest BCUT2D eigenvalue weighted by Gasteiger charge is 2.22. The standard InChI is InChI=1S/C13H14BrN3O/c1-8-4-5-9(7-10(8)14)12-16-13(18-17-12)11-3-2-6-15-11/h4-5,7,11,15H,2-3,6H2,1H3/t11-/m0/s1. The van der Waals surface area contributed by atoms with E-state index in [1.54, 1.807) is 0 Å². The monoisotopic (exact) mass is 307 g/mol. The molecule has 0 bridgehead atoms. The maximum Gasteiger partial charge on any atom is 0.244 e. The molecule has 0 amide bonds. The molecular formula is C13H14BrN3O. The highest BCUT2D eigenvalue weighted by Crippen LogP contribution is 2.26. The zero-order chi connectivity index (χ0) is 12.5. The highest BCUT2D eigenvalue weighted by molar-refractivity contribution is 9.10. The third-order valence-corrected chi connectivity index (χ3v) is 4.08. The molecule has 4 nitrogen and oxygen atoms in total. The molecule has 1 aromatic carbocycles. The van der Waals surface area contributed by atoms with Gasteiger partial charge in [0.15, 0.2) is 0 Å². The fourth-order valence-corrected chi connectivity index (χ4v) is 2.50. The second kappa shape index (κ2) is 4.82. The van der Waals surface area contributed by atoms with Crippen molar-refractivity contribution >= 4 is 15.9 Å². The minimum atomic E-state index is 0.222. The number of halogens is 1. The second-order valence-corrected chi connectivity index (χ2v) is 5.42. The molecule has 3 rings (SSSR count). The molecule has 1 N–H and O–H groups in total. The van der Waals surface area contributed by atoms with Crippen molar-refractivity contribution in [2.45, 2.75) is 25.8 Å². The molecule has 0 saturated carbocycles. The lowest BCUT2D eigenvalue weighted by Crippen LogP contribution is -2.12. The van der Waals surface area contributed by atoms with Crippen LogP contribution in [0.2, 0.25) is 0 Å². The van der Waals surface area contributed by atoms with Crippen molar-refractivity contribution in [3.63, 3.8) is 0 Å². The Balaban J connectivity index is 1.89. The van der Waals surface area contributed by atoms with Gasteiger partial charge in [-0.15, -0.1) is 0 Å². The van der Waals surface area contributed by atoms with Gasteiger partial charge in [0.2, 0.25) is 11.7 Å². The van der Waals surface area contributed by atoms with Gasteiger partial charge in [0.25, 0.3) is 0 Å². The predicted molar refractivity (Wildman–Crippen MR) is 72.1 cm³/mol. The van der Waals surface area contributed by atoms with Crippen molar-refractivity contribution < 1.29 is 4.52 Å². The minimum absolute atomic E-state index is 0.222. The lowest BCUT2D eigenvalue weighted by Gasteiger charge is -2.01. The number of hydrogen-bond acceptors (Lipinski definition) is 4. The summed E-state index contributed by atoms with van der Waals surface area (Å²) in [5, 5.41) is 7.41. The Hall–Kier alpha value is -1.20. The van der Waals surface area contributed by atoms with Gasteiger partial charge in [-0.25, -0.2) is 0 Å². The summed E-state index contributed by atoms with van der Waals surface area (Å²) in [7, 11) is 0. The molecule has 1 atom stereocenters. The Morgan fingerprint density at radius 2 is 2.33 bits per heavy atom. The summed E-state index contributed by atoms with van der Waals surface area (Å²) in [6.07, 6.45) is 2.23. The van der Waals surface area contributed by atoms with E-state index >= 15 is 0 Å². The minimum Gasteiger partial charge on any atom is -0.337 e. The molecule has 1 fully saturated rings. The van der Waals surface area contributed by atoms with Crippen molar-refractivity contribution in [2.75, 3.05) is 6.54 Å². The number of aromatic nitrogens is 2. The van der Waals surface area contributed by atoms with E-state index in [-0.39, 0.29) is 6.04 Å². The Morgan fingerprint density at radius 1 is 1.44 bits per heavy atom. The quantitative estimate of drug-likeness (QED) is 0.925. The summed E-state index contributed by atoms with van der Waals surface area (Å²) >= 11 is 3.52. The molecule has 0 unspecified atom stereocenters. The van der Waals surface area contributed by atoms with Crippen molar-refractivity contribution in [1.29, 1.82) is 0 Å². The van der Waals surface area contributed by atoms with Gasteiger partial charge >= 0.3 is 0 Å². The molecule has 0 aliphatic carbocycles. The summed E-state index contributed by atoms with van der Waals surface area (Å²) < 4.78 is 6.39. The van der Waals surface area contributed by atoms with Gasteiger partial charge in [-0.2, -0.15) is 4.98 Å². The van der Waals surface area contributed by atoms with Crippen molar-refractivity contribution in [3.05, 3.63) is 34.1 Å². The van der Waals surface area contributed by atoms with E-state index < -0.39 is 0 Å². The molecule has 2 aromatic rings. The number of nitrogens with zero attached hydrogens (tertiary/aromatic N) is 2. The summed E-state index contributed by atoms with van der Waals surface area (Å²) in [6.45, 7) is 3.08. The van der Waals surface area contributed by atoms with Crippen LogP contribution < -0.4 is 5.32 Å². The summed E-state index contributed by atoms with van der Waals surface area (Å²) in [6, 6.07) is 6.30. The number of aryl methyl sites for hydroxylation is 1. The first-order valence-corrected chi connectivity index (χ1v) is 6.87. The molecule has 5 heteroatoms. The lowest BCUT2D eigenvalue weighted by molar-refractivity contribution is 0.345. The fourth-order valence-electron chi connectivity index (χ4n) is 2.12. The first-order chi connectivity index (χ1) is 8.74. The van der Waals surface area contributed by atoms with Crippen molar-refractivity contribution in [2.24, 2.45) is 0 Å². The summed E-state index contributed by atoms with van der Waals surface area (Å²) in [4.78, 5) is 4.47. The molecule has 94 valence electrons.